The first-order valence-electron chi connectivity index (χ1n) is 5.85. The maximum atomic E-state index is 12.1. The Morgan fingerprint density at radius 1 is 1.47 bits per heavy atom. The van der Waals surface area contributed by atoms with E-state index < -0.39 is 0 Å². The third-order valence-electron chi connectivity index (χ3n) is 2.91. The maximum Gasteiger partial charge on any atom is 0.200 e. The van der Waals surface area contributed by atoms with E-state index >= 15 is 0 Å². The van der Waals surface area contributed by atoms with E-state index in [4.69, 9.17) is 16.0 Å². The van der Waals surface area contributed by atoms with Gasteiger partial charge in [0.25, 0.3) is 0 Å². The summed E-state index contributed by atoms with van der Waals surface area (Å²) in [6, 6.07) is 7.28. The summed E-state index contributed by atoms with van der Waals surface area (Å²) in [5.41, 5.74) is 0.598. The molecule has 0 N–H and O–H groups in total. The van der Waals surface area contributed by atoms with E-state index in [0.717, 1.165) is 18.2 Å². The van der Waals surface area contributed by atoms with Gasteiger partial charge in [-0.3, -0.25) is 4.79 Å². The average Bonchev–Trinajstić information content (AvgIpc) is 2.73. The van der Waals surface area contributed by atoms with E-state index in [1.807, 2.05) is 19.1 Å². The Labute approximate surface area is 106 Å². The molecule has 0 fully saturated rings. The van der Waals surface area contributed by atoms with Crippen LogP contribution < -0.4 is 0 Å². The van der Waals surface area contributed by atoms with E-state index in [-0.39, 0.29) is 11.7 Å². The van der Waals surface area contributed by atoms with Crippen LogP contribution in [0.15, 0.2) is 28.7 Å². The Hall–Kier alpha value is -1.28. The van der Waals surface area contributed by atoms with E-state index in [2.05, 4.69) is 6.92 Å². The van der Waals surface area contributed by atoms with Crippen LogP contribution in [0.4, 0.5) is 0 Å². The lowest BCUT2D eigenvalue weighted by atomic mass is 9.99. The fraction of sp³-hybridized carbons (Fsp3) is 0.357. The Bertz CT molecular complexity index is 542. The second-order valence-electron chi connectivity index (χ2n) is 4.32. The van der Waals surface area contributed by atoms with Gasteiger partial charge < -0.3 is 4.42 Å². The number of furan rings is 1. The highest BCUT2D eigenvalue weighted by Crippen LogP contribution is 2.28. The standard InChI is InChI=1S/C14H15ClO2/c1-3-5-9(2)13(16)12-8-10-6-4-7-11(15)14(10)17-12/h4,6-9H,3,5H2,1-2H3. The summed E-state index contributed by atoms with van der Waals surface area (Å²) in [6.07, 6.45) is 1.87. The molecule has 17 heavy (non-hydrogen) atoms. The van der Waals surface area contributed by atoms with E-state index in [1.54, 1.807) is 12.1 Å². The second-order valence-corrected chi connectivity index (χ2v) is 4.73. The van der Waals surface area contributed by atoms with Gasteiger partial charge in [0, 0.05) is 11.3 Å². The van der Waals surface area contributed by atoms with Crippen LogP contribution in [0.3, 0.4) is 0 Å². The summed E-state index contributed by atoms with van der Waals surface area (Å²) in [7, 11) is 0. The summed E-state index contributed by atoms with van der Waals surface area (Å²) in [5.74, 6) is 0.465. The molecule has 3 heteroatoms. The SMILES string of the molecule is CCCC(C)C(=O)c1cc2cccc(Cl)c2o1. The zero-order chi connectivity index (χ0) is 12.4. The van der Waals surface area contributed by atoms with Gasteiger partial charge in [-0.05, 0) is 18.6 Å². The summed E-state index contributed by atoms with van der Waals surface area (Å²) in [4.78, 5) is 12.1. The molecule has 2 nitrogen and oxygen atoms in total. The number of para-hydroxylation sites is 1. The van der Waals surface area contributed by atoms with Crippen LogP contribution >= 0.6 is 11.6 Å². The van der Waals surface area contributed by atoms with Crippen molar-refractivity contribution in [1.29, 1.82) is 0 Å². The Kier molecular flexibility index (Phi) is 3.53. The van der Waals surface area contributed by atoms with E-state index in [9.17, 15) is 4.79 Å². The molecule has 1 heterocycles. The Morgan fingerprint density at radius 3 is 2.88 bits per heavy atom. The first-order valence-corrected chi connectivity index (χ1v) is 6.23. The quantitative estimate of drug-likeness (QED) is 0.736. The van der Waals surface area contributed by atoms with Crippen LogP contribution in [0.25, 0.3) is 11.0 Å². The van der Waals surface area contributed by atoms with Crippen molar-refractivity contribution in [3.05, 3.63) is 35.0 Å². The molecule has 2 rings (SSSR count). The molecule has 90 valence electrons. The number of ketones is 1. The Morgan fingerprint density at radius 2 is 2.24 bits per heavy atom. The number of carbonyl (C=O) groups excluding carboxylic acids is 1. The molecule has 1 atom stereocenters. The predicted octanol–water partition coefficient (Wildman–Crippen LogP) is 4.71. The van der Waals surface area contributed by atoms with Gasteiger partial charge in [0.1, 0.15) is 0 Å². The lowest BCUT2D eigenvalue weighted by molar-refractivity contribution is 0.0897. The van der Waals surface area contributed by atoms with Gasteiger partial charge in [-0.25, -0.2) is 0 Å². The monoisotopic (exact) mass is 250 g/mol. The average molecular weight is 251 g/mol. The molecule has 0 radical (unpaired) electrons. The van der Waals surface area contributed by atoms with Crippen LogP contribution in [-0.4, -0.2) is 5.78 Å². The van der Waals surface area contributed by atoms with E-state index in [0.29, 0.717) is 16.4 Å². The molecule has 1 aromatic carbocycles. The van der Waals surface area contributed by atoms with Crippen molar-refractivity contribution in [2.75, 3.05) is 0 Å². The minimum absolute atomic E-state index is 0.000613. The number of fused-ring (bicyclic) bond motifs is 1. The van der Waals surface area contributed by atoms with Gasteiger partial charge >= 0.3 is 0 Å². The van der Waals surface area contributed by atoms with Crippen molar-refractivity contribution >= 4 is 28.4 Å². The summed E-state index contributed by atoms with van der Waals surface area (Å²) < 4.78 is 5.55. The van der Waals surface area contributed by atoms with Crippen LogP contribution in [0.5, 0.6) is 0 Å². The maximum absolute atomic E-state index is 12.1. The summed E-state index contributed by atoms with van der Waals surface area (Å²) >= 11 is 6.01. The van der Waals surface area contributed by atoms with Crippen LogP contribution in [0.2, 0.25) is 5.02 Å². The minimum Gasteiger partial charge on any atom is -0.451 e. The molecule has 0 saturated heterocycles. The molecule has 0 aliphatic carbocycles. The largest absolute Gasteiger partial charge is 0.451 e. The van der Waals surface area contributed by atoms with Gasteiger partial charge in [0.05, 0.1) is 5.02 Å². The molecule has 0 aliphatic heterocycles. The smallest absolute Gasteiger partial charge is 0.200 e. The predicted molar refractivity (Wildman–Crippen MR) is 69.6 cm³/mol. The highest BCUT2D eigenvalue weighted by Gasteiger charge is 2.19. The lowest BCUT2D eigenvalue weighted by Gasteiger charge is -2.05. The molecule has 0 amide bonds. The van der Waals surface area contributed by atoms with Crippen LogP contribution in [-0.2, 0) is 0 Å². The van der Waals surface area contributed by atoms with Gasteiger partial charge in [-0.1, -0.05) is 44.0 Å². The van der Waals surface area contributed by atoms with Crippen LogP contribution in [0, 0.1) is 5.92 Å². The third-order valence-corrected chi connectivity index (χ3v) is 3.21. The van der Waals surface area contributed by atoms with Crippen LogP contribution in [0.1, 0.15) is 37.2 Å². The minimum atomic E-state index is -0.000613. The van der Waals surface area contributed by atoms with Crippen molar-refractivity contribution in [2.24, 2.45) is 5.92 Å². The fourth-order valence-corrected chi connectivity index (χ4v) is 2.18. The number of Topliss-reactive ketones (excluding diaryl/α,β-unsaturated/α-hetero) is 1. The first-order chi connectivity index (χ1) is 8.13. The fourth-order valence-electron chi connectivity index (χ4n) is 1.96. The summed E-state index contributed by atoms with van der Waals surface area (Å²) in [6.45, 7) is 4.00. The van der Waals surface area contributed by atoms with Gasteiger partial charge in [0.15, 0.2) is 11.3 Å². The number of hydrogen-bond acceptors (Lipinski definition) is 2. The highest BCUT2D eigenvalue weighted by molar-refractivity contribution is 6.34. The van der Waals surface area contributed by atoms with Gasteiger partial charge in [-0.2, -0.15) is 0 Å². The number of halogens is 1. The molecule has 0 saturated carbocycles. The topological polar surface area (TPSA) is 30.2 Å². The Balaban J connectivity index is 2.37. The van der Waals surface area contributed by atoms with Crippen molar-refractivity contribution in [3.63, 3.8) is 0 Å². The number of rotatable bonds is 4. The van der Waals surface area contributed by atoms with E-state index in [1.165, 1.54) is 0 Å². The van der Waals surface area contributed by atoms with Crippen molar-refractivity contribution in [1.82, 2.24) is 0 Å². The number of hydrogen-bond donors (Lipinski definition) is 0. The third kappa shape index (κ3) is 2.37. The molecule has 1 aromatic heterocycles. The molecule has 0 aliphatic rings. The molecular formula is C14H15ClO2. The normalized spacial score (nSPS) is 12.9. The second kappa shape index (κ2) is 4.92. The molecule has 0 spiro atoms. The number of benzene rings is 1. The number of carbonyl (C=O) groups is 1. The molecule has 0 bridgehead atoms. The highest BCUT2D eigenvalue weighted by atomic mass is 35.5. The zero-order valence-electron chi connectivity index (χ0n) is 10.00. The first kappa shape index (κ1) is 12.2. The van der Waals surface area contributed by atoms with Gasteiger partial charge in [0.2, 0.25) is 5.78 Å². The van der Waals surface area contributed by atoms with Crippen molar-refractivity contribution < 1.29 is 9.21 Å². The molecular weight excluding hydrogens is 236 g/mol. The molecule has 1 unspecified atom stereocenters. The van der Waals surface area contributed by atoms with Crippen molar-refractivity contribution in [3.8, 4) is 0 Å². The zero-order valence-corrected chi connectivity index (χ0v) is 10.8. The summed E-state index contributed by atoms with van der Waals surface area (Å²) in [5, 5.41) is 1.43. The molecule has 2 aromatic rings. The van der Waals surface area contributed by atoms with Crippen molar-refractivity contribution in [2.45, 2.75) is 26.7 Å². The van der Waals surface area contributed by atoms with Gasteiger partial charge in [-0.15, -0.1) is 0 Å². The lowest BCUT2D eigenvalue weighted by Crippen LogP contribution is -2.09.